The molecule has 76 valence electrons. The third kappa shape index (κ3) is 1.83. The summed E-state index contributed by atoms with van der Waals surface area (Å²) in [4.78, 5) is 0. The summed E-state index contributed by atoms with van der Waals surface area (Å²) < 4.78 is 0.324. The molecule has 0 aromatic heterocycles. The van der Waals surface area contributed by atoms with E-state index in [0.717, 1.165) is 12.8 Å². The zero-order chi connectivity index (χ0) is 10.0. The molecule has 1 atom stereocenters. The molecule has 0 aromatic rings. The van der Waals surface area contributed by atoms with Gasteiger partial charge < -0.3 is 0 Å². The summed E-state index contributed by atoms with van der Waals surface area (Å²) >= 11 is 4.15. The van der Waals surface area contributed by atoms with Crippen LogP contribution in [-0.2, 0) is 0 Å². The van der Waals surface area contributed by atoms with E-state index in [2.05, 4.69) is 36.2 Å². The summed E-state index contributed by atoms with van der Waals surface area (Å²) in [7, 11) is 0. The maximum atomic E-state index is 8.83. The van der Waals surface area contributed by atoms with Crippen LogP contribution in [0.2, 0.25) is 0 Å². The minimum Gasteiger partial charge on any atom is -0.198 e. The standard InChI is InChI=1S/C11H15NS2/c1-9-7-10(3-4-12)11(8-9)13-5-2-6-14-11/h10H,1-3,5-8H2. The zero-order valence-electron chi connectivity index (χ0n) is 8.29. The van der Waals surface area contributed by atoms with Crippen molar-refractivity contribution in [1.29, 1.82) is 5.26 Å². The minimum atomic E-state index is 0.324. The molecule has 3 heteroatoms. The minimum absolute atomic E-state index is 0.324. The van der Waals surface area contributed by atoms with Gasteiger partial charge in [-0.05, 0) is 36.7 Å². The van der Waals surface area contributed by atoms with Crippen LogP contribution in [0.25, 0.3) is 0 Å². The molecule has 0 bridgehead atoms. The van der Waals surface area contributed by atoms with Crippen molar-refractivity contribution >= 4 is 23.5 Å². The summed E-state index contributed by atoms with van der Waals surface area (Å²) in [6, 6.07) is 2.33. The summed E-state index contributed by atoms with van der Waals surface area (Å²) in [5, 5.41) is 8.83. The summed E-state index contributed by atoms with van der Waals surface area (Å²) in [5.41, 5.74) is 1.35. The number of rotatable bonds is 1. The lowest BCUT2D eigenvalue weighted by atomic mass is 10.0. The average Bonchev–Trinajstić information content (AvgIpc) is 2.45. The second-order valence-electron chi connectivity index (χ2n) is 4.05. The molecule has 1 saturated carbocycles. The van der Waals surface area contributed by atoms with Gasteiger partial charge >= 0.3 is 0 Å². The highest BCUT2D eigenvalue weighted by Gasteiger charge is 2.46. The molecule has 1 saturated heterocycles. The average molecular weight is 225 g/mol. The zero-order valence-corrected chi connectivity index (χ0v) is 9.92. The van der Waals surface area contributed by atoms with Crippen LogP contribution >= 0.6 is 23.5 Å². The van der Waals surface area contributed by atoms with Gasteiger partial charge in [0.05, 0.1) is 10.1 Å². The van der Waals surface area contributed by atoms with Crippen LogP contribution in [0.1, 0.15) is 25.7 Å². The van der Waals surface area contributed by atoms with Crippen LogP contribution in [0.15, 0.2) is 12.2 Å². The highest BCUT2D eigenvalue weighted by Crippen LogP contribution is 2.58. The van der Waals surface area contributed by atoms with Gasteiger partial charge in [-0.3, -0.25) is 0 Å². The lowest BCUT2D eigenvalue weighted by Gasteiger charge is -2.36. The van der Waals surface area contributed by atoms with Gasteiger partial charge in [0.25, 0.3) is 0 Å². The molecule has 0 N–H and O–H groups in total. The van der Waals surface area contributed by atoms with Crippen LogP contribution in [0, 0.1) is 17.2 Å². The topological polar surface area (TPSA) is 23.8 Å². The molecule has 1 nitrogen and oxygen atoms in total. The van der Waals surface area contributed by atoms with E-state index in [-0.39, 0.29) is 0 Å². The van der Waals surface area contributed by atoms with Crippen molar-refractivity contribution in [3.8, 4) is 6.07 Å². The van der Waals surface area contributed by atoms with Crippen LogP contribution in [-0.4, -0.2) is 15.6 Å². The number of hydrogen-bond donors (Lipinski definition) is 0. The highest BCUT2D eigenvalue weighted by atomic mass is 32.2. The van der Waals surface area contributed by atoms with Crippen molar-refractivity contribution in [1.82, 2.24) is 0 Å². The molecule has 0 aromatic carbocycles. The molecule has 1 heterocycles. The fourth-order valence-corrected chi connectivity index (χ4v) is 6.04. The SMILES string of the molecule is C=C1CC(CC#N)C2(C1)SCCCS2. The third-order valence-electron chi connectivity index (χ3n) is 2.97. The number of nitrogens with zero attached hydrogens (tertiary/aromatic N) is 1. The Morgan fingerprint density at radius 2 is 2.21 bits per heavy atom. The molecular weight excluding hydrogens is 210 g/mol. The van der Waals surface area contributed by atoms with Gasteiger partial charge in [0, 0.05) is 6.42 Å². The van der Waals surface area contributed by atoms with Crippen LogP contribution < -0.4 is 0 Å². The van der Waals surface area contributed by atoms with Crippen LogP contribution in [0.3, 0.4) is 0 Å². The predicted molar refractivity (Wildman–Crippen MR) is 64.4 cm³/mol. The number of thioether (sulfide) groups is 2. The number of hydrogen-bond acceptors (Lipinski definition) is 3. The number of nitriles is 1. The quantitative estimate of drug-likeness (QED) is 0.639. The van der Waals surface area contributed by atoms with E-state index in [1.807, 2.05) is 0 Å². The summed E-state index contributed by atoms with van der Waals surface area (Å²) in [6.07, 6.45) is 4.24. The Bertz CT molecular complexity index is 274. The molecule has 1 spiro atoms. The van der Waals surface area contributed by atoms with E-state index >= 15 is 0 Å². The lowest BCUT2D eigenvalue weighted by molar-refractivity contribution is 0.552. The first kappa shape index (κ1) is 10.4. The molecule has 1 aliphatic heterocycles. The van der Waals surface area contributed by atoms with Crippen LogP contribution in [0.5, 0.6) is 0 Å². The van der Waals surface area contributed by atoms with Crippen molar-refractivity contribution in [2.45, 2.75) is 29.8 Å². The van der Waals surface area contributed by atoms with Crippen molar-refractivity contribution in [3.63, 3.8) is 0 Å². The Labute approximate surface area is 94.3 Å². The molecule has 1 unspecified atom stereocenters. The van der Waals surface area contributed by atoms with Gasteiger partial charge in [0.15, 0.2) is 0 Å². The van der Waals surface area contributed by atoms with E-state index in [4.69, 9.17) is 5.26 Å². The van der Waals surface area contributed by atoms with Gasteiger partial charge in [0.1, 0.15) is 0 Å². The maximum absolute atomic E-state index is 8.83. The molecule has 14 heavy (non-hydrogen) atoms. The maximum Gasteiger partial charge on any atom is 0.0688 e. The normalized spacial score (nSPS) is 30.5. The van der Waals surface area contributed by atoms with E-state index in [1.165, 1.54) is 23.5 Å². The van der Waals surface area contributed by atoms with Gasteiger partial charge in [0.2, 0.25) is 0 Å². The summed E-state index contributed by atoms with van der Waals surface area (Å²) in [6.45, 7) is 4.10. The Hall–Kier alpha value is -0.0700. The van der Waals surface area contributed by atoms with E-state index in [0.29, 0.717) is 16.4 Å². The van der Waals surface area contributed by atoms with E-state index < -0.39 is 0 Å². The van der Waals surface area contributed by atoms with Gasteiger partial charge in [-0.2, -0.15) is 5.26 Å². The molecule has 2 rings (SSSR count). The van der Waals surface area contributed by atoms with Crippen molar-refractivity contribution in [3.05, 3.63) is 12.2 Å². The molecule has 2 fully saturated rings. The fourth-order valence-electron chi connectivity index (χ4n) is 2.34. The van der Waals surface area contributed by atoms with Crippen molar-refractivity contribution in [2.24, 2.45) is 5.92 Å². The first-order valence-corrected chi connectivity index (χ1v) is 7.05. The van der Waals surface area contributed by atoms with Gasteiger partial charge in [-0.15, -0.1) is 23.5 Å². The first-order chi connectivity index (χ1) is 6.77. The molecule has 0 radical (unpaired) electrons. The highest BCUT2D eigenvalue weighted by molar-refractivity contribution is 8.18. The van der Waals surface area contributed by atoms with Gasteiger partial charge in [-0.1, -0.05) is 12.2 Å². The van der Waals surface area contributed by atoms with E-state index in [1.54, 1.807) is 0 Å². The first-order valence-electron chi connectivity index (χ1n) is 5.08. The monoisotopic (exact) mass is 225 g/mol. The van der Waals surface area contributed by atoms with Crippen molar-refractivity contribution < 1.29 is 0 Å². The second kappa shape index (κ2) is 4.20. The fraction of sp³-hybridized carbons (Fsp3) is 0.727. The number of allylic oxidation sites excluding steroid dienone is 1. The Morgan fingerprint density at radius 1 is 1.50 bits per heavy atom. The second-order valence-corrected chi connectivity index (χ2v) is 7.16. The molecule has 1 aliphatic carbocycles. The van der Waals surface area contributed by atoms with Crippen LogP contribution in [0.4, 0.5) is 0 Å². The molecule has 0 amide bonds. The largest absolute Gasteiger partial charge is 0.198 e. The Balaban J connectivity index is 2.14. The van der Waals surface area contributed by atoms with Gasteiger partial charge in [-0.25, -0.2) is 0 Å². The molecule has 2 aliphatic rings. The van der Waals surface area contributed by atoms with E-state index in [9.17, 15) is 0 Å². The third-order valence-corrected chi connectivity index (χ3v) is 6.60. The lowest BCUT2D eigenvalue weighted by Crippen LogP contribution is -2.29. The predicted octanol–water partition coefficient (Wildman–Crippen LogP) is 3.43. The smallest absolute Gasteiger partial charge is 0.0688 e. The van der Waals surface area contributed by atoms with Crippen molar-refractivity contribution in [2.75, 3.05) is 11.5 Å². The Morgan fingerprint density at radius 3 is 2.86 bits per heavy atom. The molecular formula is C11H15NS2. The Kier molecular flexibility index (Phi) is 3.14. The summed E-state index contributed by atoms with van der Waals surface area (Å²) in [5.74, 6) is 3.08.